The van der Waals surface area contributed by atoms with Crippen molar-refractivity contribution < 1.29 is 14.3 Å². The van der Waals surface area contributed by atoms with E-state index in [1.807, 2.05) is 39.8 Å². The van der Waals surface area contributed by atoms with Crippen LogP contribution in [0.5, 0.6) is 5.75 Å². The molecule has 4 heteroatoms. The molecule has 0 aromatic heterocycles. The second-order valence-electron chi connectivity index (χ2n) is 5.86. The zero-order valence-corrected chi connectivity index (χ0v) is 14.7. The molecule has 0 spiro atoms. The van der Waals surface area contributed by atoms with Crippen LogP contribution in [0.4, 0.5) is 5.69 Å². The molecule has 0 radical (unpaired) electrons. The number of hydrogen-bond acceptors (Lipinski definition) is 3. The fourth-order valence-corrected chi connectivity index (χ4v) is 2.48. The smallest absolute Gasteiger partial charge is 0.256 e. The van der Waals surface area contributed by atoms with Crippen LogP contribution >= 0.6 is 0 Å². The number of ether oxygens (including phenoxy) is 2. The van der Waals surface area contributed by atoms with E-state index in [1.165, 1.54) is 0 Å². The SMILES string of the molecule is CCCC[C@](C)(OC)C(=O)Nc1cc(C)c(OCC)c(C)c1. The van der Waals surface area contributed by atoms with Gasteiger partial charge in [-0.1, -0.05) is 19.8 Å². The summed E-state index contributed by atoms with van der Waals surface area (Å²) in [5.74, 6) is 0.785. The van der Waals surface area contributed by atoms with Crippen LogP contribution in [0.25, 0.3) is 0 Å². The normalized spacial score (nSPS) is 13.5. The molecule has 22 heavy (non-hydrogen) atoms. The van der Waals surface area contributed by atoms with Crippen LogP contribution in [-0.4, -0.2) is 25.2 Å². The summed E-state index contributed by atoms with van der Waals surface area (Å²) in [6.07, 6.45) is 2.70. The van der Waals surface area contributed by atoms with E-state index in [4.69, 9.17) is 9.47 Å². The van der Waals surface area contributed by atoms with Gasteiger partial charge < -0.3 is 14.8 Å². The van der Waals surface area contributed by atoms with E-state index < -0.39 is 5.60 Å². The van der Waals surface area contributed by atoms with Crippen molar-refractivity contribution in [2.75, 3.05) is 19.0 Å². The van der Waals surface area contributed by atoms with Crippen molar-refractivity contribution in [2.24, 2.45) is 0 Å². The van der Waals surface area contributed by atoms with Crippen LogP contribution in [0.1, 0.15) is 51.2 Å². The predicted octanol–water partition coefficient (Wildman–Crippen LogP) is 4.24. The van der Waals surface area contributed by atoms with Gasteiger partial charge in [-0.05, 0) is 57.4 Å². The maximum Gasteiger partial charge on any atom is 0.256 e. The predicted molar refractivity (Wildman–Crippen MR) is 90.7 cm³/mol. The van der Waals surface area contributed by atoms with Crippen LogP contribution in [0.2, 0.25) is 0 Å². The van der Waals surface area contributed by atoms with Crippen LogP contribution in [0.3, 0.4) is 0 Å². The molecule has 0 aliphatic carbocycles. The first-order valence-corrected chi connectivity index (χ1v) is 7.98. The molecule has 1 N–H and O–H groups in total. The van der Waals surface area contributed by atoms with Crippen LogP contribution in [0, 0.1) is 13.8 Å². The average molecular weight is 307 g/mol. The highest BCUT2D eigenvalue weighted by molar-refractivity contribution is 5.97. The number of nitrogens with one attached hydrogen (secondary N) is 1. The molecule has 124 valence electrons. The first kappa shape index (κ1) is 18.5. The van der Waals surface area contributed by atoms with Crippen LogP contribution in [-0.2, 0) is 9.53 Å². The summed E-state index contributed by atoms with van der Waals surface area (Å²) >= 11 is 0. The molecule has 0 bridgehead atoms. The quantitative estimate of drug-likeness (QED) is 0.781. The first-order chi connectivity index (χ1) is 10.4. The average Bonchev–Trinajstić information content (AvgIpc) is 2.48. The third-order valence-corrected chi connectivity index (χ3v) is 3.95. The standard InChI is InChI=1S/C18H29NO3/c1-7-9-10-18(5,21-6)17(20)19-15-11-13(3)16(22-8-2)14(4)12-15/h11-12H,7-10H2,1-6H3,(H,19,20)/t18-/m0/s1. The zero-order chi connectivity index (χ0) is 16.8. The van der Waals surface area contributed by atoms with Crippen molar-refractivity contribution >= 4 is 11.6 Å². The van der Waals surface area contributed by atoms with Gasteiger partial charge >= 0.3 is 0 Å². The van der Waals surface area contributed by atoms with Crippen molar-refractivity contribution in [1.29, 1.82) is 0 Å². The highest BCUT2D eigenvalue weighted by Crippen LogP contribution is 2.28. The maximum absolute atomic E-state index is 12.5. The zero-order valence-electron chi connectivity index (χ0n) is 14.7. The maximum atomic E-state index is 12.5. The fourth-order valence-electron chi connectivity index (χ4n) is 2.48. The van der Waals surface area contributed by atoms with E-state index in [1.54, 1.807) is 7.11 Å². The van der Waals surface area contributed by atoms with E-state index in [2.05, 4.69) is 12.2 Å². The van der Waals surface area contributed by atoms with E-state index >= 15 is 0 Å². The molecule has 1 aromatic carbocycles. The number of hydrogen-bond donors (Lipinski definition) is 1. The second kappa shape index (κ2) is 8.18. The lowest BCUT2D eigenvalue weighted by Gasteiger charge is -2.27. The van der Waals surface area contributed by atoms with Crippen molar-refractivity contribution in [3.63, 3.8) is 0 Å². The summed E-state index contributed by atoms with van der Waals surface area (Å²) in [6.45, 7) is 10.5. The molecule has 0 heterocycles. The van der Waals surface area contributed by atoms with Gasteiger partial charge in [-0.15, -0.1) is 0 Å². The lowest BCUT2D eigenvalue weighted by molar-refractivity contribution is -0.136. The van der Waals surface area contributed by atoms with Crippen molar-refractivity contribution in [1.82, 2.24) is 0 Å². The molecule has 1 rings (SSSR count). The van der Waals surface area contributed by atoms with Gasteiger partial charge in [0, 0.05) is 12.8 Å². The van der Waals surface area contributed by atoms with Crippen LogP contribution < -0.4 is 10.1 Å². The van der Waals surface area contributed by atoms with Crippen LogP contribution in [0.15, 0.2) is 12.1 Å². The molecular weight excluding hydrogens is 278 g/mol. The summed E-state index contributed by atoms with van der Waals surface area (Å²) < 4.78 is 11.1. The highest BCUT2D eigenvalue weighted by Gasteiger charge is 2.32. The van der Waals surface area contributed by atoms with Gasteiger partial charge in [0.2, 0.25) is 0 Å². The van der Waals surface area contributed by atoms with Gasteiger partial charge in [0.05, 0.1) is 6.61 Å². The fraction of sp³-hybridized carbons (Fsp3) is 0.611. The molecule has 1 atom stereocenters. The third-order valence-electron chi connectivity index (χ3n) is 3.95. The largest absolute Gasteiger partial charge is 0.493 e. The second-order valence-corrected chi connectivity index (χ2v) is 5.86. The van der Waals surface area contributed by atoms with Gasteiger partial charge in [-0.2, -0.15) is 0 Å². The summed E-state index contributed by atoms with van der Waals surface area (Å²) in [7, 11) is 1.59. The van der Waals surface area contributed by atoms with Crippen molar-refractivity contribution in [3.8, 4) is 5.75 Å². The molecule has 0 unspecified atom stereocenters. The molecule has 0 fully saturated rings. The molecule has 1 amide bonds. The number of carbonyl (C=O) groups is 1. The lowest BCUT2D eigenvalue weighted by Crippen LogP contribution is -2.41. The summed E-state index contributed by atoms with van der Waals surface area (Å²) in [4.78, 5) is 12.5. The number of anilines is 1. The summed E-state index contributed by atoms with van der Waals surface area (Å²) in [6, 6.07) is 3.87. The Morgan fingerprint density at radius 2 is 1.82 bits per heavy atom. The minimum Gasteiger partial charge on any atom is -0.493 e. The number of aryl methyl sites for hydroxylation is 2. The molecular formula is C18H29NO3. The minimum absolute atomic E-state index is 0.105. The molecule has 0 aliphatic heterocycles. The number of methoxy groups -OCH3 is 1. The van der Waals surface area contributed by atoms with E-state index in [0.29, 0.717) is 13.0 Å². The van der Waals surface area contributed by atoms with E-state index in [0.717, 1.165) is 35.4 Å². The van der Waals surface area contributed by atoms with Gasteiger partial charge in [-0.25, -0.2) is 0 Å². The van der Waals surface area contributed by atoms with Gasteiger partial charge in [0.15, 0.2) is 0 Å². The Labute approximate surface area is 134 Å². The monoisotopic (exact) mass is 307 g/mol. The van der Waals surface area contributed by atoms with Gasteiger partial charge in [0.25, 0.3) is 5.91 Å². The highest BCUT2D eigenvalue weighted by atomic mass is 16.5. The summed E-state index contributed by atoms with van der Waals surface area (Å²) in [5.41, 5.74) is 2.02. The number of amides is 1. The Bertz CT molecular complexity index is 490. The first-order valence-electron chi connectivity index (χ1n) is 7.98. The minimum atomic E-state index is -0.795. The van der Waals surface area contributed by atoms with E-state index in [-0.39, 0.29) is 5.91 Å². The van der Waals surface area contributed by atoms with Crippen molar-refractivity contribution in [3.05, 3.63) is 23.3 Å². The Hall–Kier alpha value is -1.55. The third kappa shape index (κ3) is 4.47. The molecule has 1 aromatic rings. The Balaban J connectivity index is 2.92. The van der Waals surface area contributed by atoms with Crippen molar-refractivity contribution in [2.45, 2.75) is 59.5 Å². The van der Waals surface area contributed by atoms with E-state index in [9.17, 15) is 4.79 Å². The molecule has 0 saturated carbocycles. The molecule has 0 saturated heterocycles. The number of unbranched alkanes of at least 4 members (excludes halogenated alkanes) is 1. The lowest BCUT2D eigenvalue weighted by atomic mass is 9.97. The Morgan fingerprint density at radius 1 is 1.23 bits per heavy atom. The molecule has 4 nitrogen and oxygen atoms in total. The number of carbonyl (C=O) groups excluding carboxylic acids is 1. The van der Waals surface area contributed by atoms with Gasteiger partial charge in [-0.3, -0.25) is 4.79 Å². The number of benzene rings is 1. The topological polar surface area (TPSA) is 47.6 Å². The Kier molecular flexibility index (Phi) is 6.88. The van der Waals surface area contributed by atoms with Gasteiger partial charge in [0.1, 0.15) is 11.4 Å². The number of rotatable bonds is 8. The molecule has 0 aliphatic rings. The Morgan fingerprint density at radius 3 is 2.27 bits per heavy atom. The summed E-state index contributed by atoms with van der Waals surface area (Å²) in [5, 5.41) is 2.97.